The standard InChI is InChI=1S/C44H27NS2/c1-2-12-28(13-3-1)32-23-24-37-35-18-8-11-21-41(35)47-44(37)43(32)45(30-22-25-42-38(27-30)36-19-9-10-20-40(36)46-42)39-26-29-14-4-5-15-31(29)33-16-6-7-17-34(33)39/h1-27H. The second-order valence-electron chi connectivity index (χ2n) is 12.1. The van der Waals surface area contributed by atoms with Gasteiger partial charge in [-0.15, -0.1) is 22.7 Å². The molecule has 0 aliphatic heterocycles. The van der Waals surface area contributed by atoms with Gasteiger partial charge in [-0.05, 0) is 58.1 Å². The van der Waals surface area contributed by atoms with Crippen LogP contribution in [0.1, 0.15) is 0 Å². The van der Waals surface area contributed by atoms with Gasteiger partial charge in [0, 0.05) is 52.3 Å². The molecule has 10 aromatic rings. The Labute approximate surface area is 280 Å². The zero-order valence-electron chi connectivity index (χ0n) is 25.4. The summed E-state index contributed by atoms with van der Waals surface area (Å²) in [6.07, 6.45) is 0. The molecule has 1 nitrogen and oxygen atoms in total. The third-order valence-corrected chi connectivity index (χ3v) is 11.8. The highest BCUT2D eigenvalue weighted by molar-refractivity contribution is 7.26. The first-order chi connectivity index (χ1) is 23.3. The van der Waals surface area contributed by atoms with E-state index in [9.17, 15) is 0 Å². The maximum absolute atomic E-state index is 2.56. The molecule has 3 heteroatoms. The van der Waals surface area contributed by atoms with E-state index in [1.165, 1.54) is 84.4 Å². The van der Waals surface area contributed by atoms with E-state index in [4.69, 9.17) is 0 Å². The third kappa shape index (κ3) is 4.14. The Bertz CT molecular complexity index is 2810. The van der Waals surface area contributed by atoms with Gasteiger partial charge < -0.3 is 4.90 Å². The highest BCUT2D eigenvalue weighted by Gasteiger charge is 2.25. The molecule has 0 saturated carbocycles. The smallest absolute Gasteiger partial charge is 0.0718 e. The minimum Gasteiger partial charge on any atom is -0.308 e. The monoisotopic (exact) mass is 633 g/mol. The number of nitrogens with zero attached hydrogens (tertiary/aromatic N) is 1. The summed E-state index contributed by atoms with van der Waals surface area (Å²) in [5.41, 5.74) is 5.98. The molecule has 10 rings (SSSR count). The number of hydrogen-bond acceptors (Lipinski definition) is 3. The molecule has 0 aliphatic rings. The van der Waals surface area contributed by atoms with Crippen LogP contribution in [0.3, 0.4) is 0 Å². The highest BCUT2D eigenvalue weighted by Crippen LogP contribution is 2.52. The maximum atomic E-state index is 2.56. The number of benzene rings is 8. The van der Waals surface area contributed by atoms with Crippen molar-refractivity contribution in [2.45, 2.75) is 0 Å². The molecule has 0 spiro atoms. The van der Waals surface area contributed by atoms with Crippen molar-refractivity contribution in [1.82, 2.24) is 0 Å². The number of hydrogen-bond donors (Lipinski definition) is 0. The molecule has 0 unspecified atom stereocenters. The van der Waals surface area contributed by atoms with Gasteiger partial charge in [0.1, 0.15) is 0 Å². The Morgan fingerprint density at radius 1 is 0.383 bits per heavy atom. The van der Waals surface area contributed by atoms with E-state index in [-0.39, 0.29) is 0 Å². The summed E-state index contributed by atoms with van der Waals surface area (Å²) < 4.78 is 5.22. The summed E-state index contributed by atoms with van der Waals surface area (Å²) >= 11 is 3.76. The molecule has 2 heterocycles. The quantitative estimate of drug-likeness (QED) is 0.174. The van der Waals surface area contributed by atoms with Crippen molar-refractivity contribution in [3.8, 4) is 11.1 Å². The van der Waals surface area contributed by atoms with Crippen molar-refractivity contribution in [3.05, 3.63) is 164 Å². The highest BCUT2D eigenvalue weighted by atomic mass is 32.1. The van der Waals surface area contributed by atoms with E-state index in [0.29, 0.717) is 0 Å². The van der Waals surface area contributed by atoms with Gasteiger partial charge in [0.05, 0.1) is 16.1 Å². The molecule has 220 valence electrons. The molecule has 8 aromatic carbocycles. The van der Waals surface area contributed by atoms with Gasteiger partial charge in [0.15, 0.2) is 0 Å². The lowest BCUT2D eigenvalue weighted by molar-refractivity contribution is 1.33. The van der Waals surface area contributed by atoms with Gasteiger partial charge in [-0.3, -0.25) is 0 Å². The Morgan fingerprint density at radius 2 is 1.00 bits per heavy atom. The van der Waals surface area contributed by atoms with E-state index in [2.05, 4.69) is 169 Å². The van der Waals surface area contributed by atoms with Gasteiger partial charge in [-0.2, -0.15) is 0 Å². The predicted octanol–water partition coefficient (Wildman–Crippen LogP) is 13.9. The van der Waals surface area contributed by atoms with Gasteiger partial charge in [-0.25, -0.2) is 0 Å². The van der Waals surface area contributed by atoms with Crippen molar-refractivity contribution in [2.75, 3.05) is 4.90 Å². The van der Waals surface area contributed by atoms with E-state index < -0.39 is 0 Å². The molecule has 0 atom stereocenters. The number of fused-ring (bicyclic) bond motifs is 9. The average Bonchev–Trinajstić information content (AvgIpc) is 3.71. The van der Waals surface area contributed by atoms with Crippen LogP contribution in [0, 0.1) is 0 Å². The van der Waals surface area contributed by atoms with Crippen LogP contribution < -0.4 is 4.90 Å². The van der Waals surface area contributed by atoms with Crippen molar-refractivity contribution >= 4 is 102 Å². The van der Waals surface area contributed by atoms with Crippen LogP contribution in [0.25, 0.3) is 73.0 Å². The van der Waals surface area contributed by atoms with Crippen LogP contribution in [0.15, 0.2) is 164 Å². The van der Waals surface area contributed by atoms with Crippen molar-refractivity contribution in [2.24, 2.45) is 0 Å². The first-order valence-corrected chi connectivity index (χ1v) is 17.6. The third-order valence-electron chi connectivity index (χ3n) is 9.43. The fraction of sp³-hybridized carbons (Fsp3) is 0. The molecular formula is C44H27NS2. The SMILES string of the molecule is c1ccc(-c2ccc3c(sc4ccccc43)c2N(c2ccc3sc4ccccc4c3c2)c2cc3ccccc3c3ccccc23)cc1. The van der Waals surface area contributed by atoms with E-state index in [0.717, 1.165) is 5.69 Å². The molecule has 47 heavy (non-hydrogen) atoms. The summed E-state index contributed by atoms with van der Waals surface area (Å²) in [6.45, 7) is 0. The second-order valence-corrected chi connectivity index (χ2v) is 14.2. The lowest BCUT2D eigenvalue weighted by Gasteiger charge is -2.30. The first-order valence-electron chi connectivity index (χ1n) is 15.9. The molecule has 2 aromatic heterocycles. The Balaban J connectivity index is 1.39. The molecular weight excluding hydrogens is 607 g/mol. The van der Waals surface area contributed by atoms with Crippen LogP contribution in [0.4, 0.5) is 17.1 Å². The molecule has 0 saturated heterocycles. The minimum absolute atomic E-state index is 1.16. The van der Waals surface area contributed by atoms with Crippen LogP contribution in [-0.4, -0.2) is 0 Å². The zero-order valence-corrected chi connectivity index (χ0v) is 27.0. The number of thiophene rings is 2. The second kappa shape index (κ2) is 10.5. The fourth-order valence-electron chi connectivity index (χ4n) is 7.31. The summed E-state index contributed by atoms with van der Waals surface area (Å²) in [5.74, 6) is 0. The summed E-state index contributed by atoms with van der Waals surface area (Å²) in [4.78, 5) is 2.56. The minimum atomic E-state index is 1.16. The lowest BCUT2D eigenvalue weighted by Crippen LogP contribution is -2.12. The topological polar surface area (TPSA) is 3.24 Å². The fourth-order valence-corrected chi connectivity index (χ4v) is 9.64. The van der Waals surface area contributed by atoms with Gasteiger partial charge in [0.25, 0.3) is 0 Å². The summed E-state index contributed by atoms with van der Waals surface area (Å²) in [7, 11) is 0. The Morgan fingerprint density at radius 3 is 1.81 bits per heavy atom. The molecule has 0 aliphatic carbocycles. The van der Waals surface area contributed by atoms with E-state index in [1.807, 2.05) is 22.7 Å². The van der Waals surface area contributed by atoms with Gasteiger partial charge in [0.2, 0.25) is 0 Å². The number of anilines is 3. The first kappa shape index (κ1) is 26.7. The van der Waals surface area contributed by atoms with E-state index >= 15 is 0 Å². The lowest BCUT2D eigenvalue weighted by atomic mass is 9.96. The van der Waals surface area contributed by atoms with Crippen LogP contribution in [0.5, 0.6) is 0 Å². The summed E-state index contributed by atoms with van der Waals surface area (Å²) in [6, 6.07) is 60.3. The Hall–Kier alpha value is -5.48. The largest absolute Gasteiger partial charge is 0.308 e. The normalized spacial score (nSPS) is 11.8. The summed E-state index contributed by atoms with van der Waals surface area (Å²) in [5, 5.41) is 10.2. The van der Waals surface area contributed by atoms with Crippen molar-refractivity contribution < 1.29 is 0 Å². The number of rotatable bonds is 4. The maximum Gasteiger partial charge on any atom is 0.0718 e. The van der Waals surface area contributed by atoms with Crippen molar-refractivity contribution in [3.63, 3.8) is 0 Å². The molecule has 0 N–H and O–H groups in total. The van der Waals surface area contributed by atoms with Crippen LogP contribution in [-0.2, 0) is 0 Å². The van der Waals surface area contributed by atoms with Gasteiger partial charge >= 0.3 is 0 Å². The molecule has 0 bridgehead atoms. The van der Waals surface area contributed by atoms with Crippen molar-refractivity contribution in [1.29, 1.82) is 0 Å². The average molecular weight is 634 g/mol. The molecule has 0 radical (unpaired) electrons. The van der Waals surface area contributed by atoms with Gasteiger partial charge in [-0.1, -0.05) is 127 Å². The van der Waals surface area contributed by atoms with E-state index in [1.54, 1.807) is 0 Å². The predicted molar refractivity (Wildman–Crippen MR) is 207 cm³/mol. The molecule has 0 amide bonds. The van der Waals surface area contributed by atoms with Crippen LogP contribution in [0.2, 0.25) is 0 Å². The van der Waals surface area contributed by atoms with Crippen LogP contribution >= 0.6 is 22.7 Å². The molecule has 0 fully saturated rings. The Kier molecular flexibility index (Phi) is 5.98. The zero-order chi connectivity index (χ0) is 30.9.